The first-order chi connectivity index (χ1) is 8.40. The molecule has 0 radical (unpaired) electrons. The summed E-state index contributed by atoms with van der Waals surface area (Å²) in [6.45, 7) is 4.28. The van der Waals surface area contributed by atoms with Gasteiger partial charge in [-0.1, -0.05) is 6.07 Å². The molecule has 0 spiro atoms. The maximum absolute atomic E-state index is 5.65. The van der Waals surface area contributed by atoms with Gasteiger partial charge in [-0.2, -0.15) is 0 Å². The Balaban J connectivity index is 1.93. The predicted molar refractivity (Wildman–Crippen MR) is 67.7 cm³/mol. The van der Waals surface area contributed by atoms with Gasteiger partial charge < -0.3 is 20.1 Å². The highest BCUT2D eigenvalue weighted by atomic mass is 16.5. The molecule has 0 aromatic heterocycles. The summed E-state index contributed by atoms with van der Waals surface area (Å²) in [5, 5.41) is 6.47. The molecule has 0 atom stereocenters. The van der Waals surface area contributed by atoms with Gasteiger partial charge in [0.1, 0.15) is 0 Å². The number of nitrogens with one attached hydrogen (secondary N) is 2. The summed E-state index contributed by atoms with van der Waals surface area (Å²) in [5.74, 6) is 1.73. The third-order valence-corrected chi connectivity index (χ3v) is 2.69. The van der Waals surface area contributed by atoms with Crippen LogP contribution in [-0.2, 0) is 6.54 Å². The molecule has 2 rings (SSSR count). The summed E-state index contributed by atoms with van der Waals surface area (Å²) in [6.07, 6.45) is 0.949. The number of benzene rings is 1. The van der Waals surface area contributed by atoms with Gasteiger partial charge in [0.15, 0.2) is 11.5 Å². The minimum atomic E-state index is 0.740. The average Bonchev–Trinajstić information content (AvgIpc) is 2.59. The lowest BCUT2D eigenvalue weighted by Gasteiger charge is -2.10. The largest absolute Gasteiger partial charge is 0.490 e. The Morgan fingerprint density at radius 3 is 2.76 bits per heavy atom. The molecule has 1 heterocycles. The van der Waals surface area contributed by atoms with Crippen LogP contribution in [0.5, 0.6) is 11.5 Å². The second-order valence-corrected chi connectivity index (χ2v) is 4.11. The molecular weight excluding hydrogens is 216 g/mol. The highest BCUT2D eigenvalue weighted by Crippen LogP contribution is 2.30. The van der Waals surface area contributed by atoms with Crippen LogP contribution in [0.4, 0.5) is 0 Å². The normalized spacial score (nSPS) is 14.4. The Morgan fingerprint density at radius 2 is 1.94 bits per heavy atom. The third-order valence-electron chi connectivity index (χ3n) is 2.69. The number of hydrogen-bond acceptors (Lipinski definition) is 4. The lowest BCUT2D eigenvalue weighted by molar-refractivity contribution is 0.297. The van der Waals surface area contributed by atoms with Crippen molar-refractivity contribution in [1.29, 1.82) is 0 Å². The summed E-state index contributed by atoms with van der Waals surface area (Å²) in [7, 11) is 1.95. The van der Waals surface area contributed by atoms with Crippen molar-refractivity contribution < 1.29 is 9.47 Å². The SMILES string of the molecule is CNCCNCc1ccc2c(c1)OCCCO2. The second-order valence-electron chi connectivity index (χ2n) is 4.11. The topological polar surface area (TPSA) is 42.5 Å². The molecule has 4 heteroatoms. The molecular formula is C13H20N2O2. The number of hydrogen-bond donors (Lipinski definition) is 2. The molecule has 4 nitrogen and oxygen atoms in total. The third kappa shape index (κ3) is 3.61. The minimum absolute atomic E-state index is 0.740. The number of likely N-dealkylation sites (N-methyl/N-ethyl adjacent to an activating group) is 1. The average molecular weight is 236 g/mol. The predicted octanol–water partition coefficient (Wildman–Crippen LogP) is 1.16. The van der Waals surface area contributed by atoms with E-state index in [2.05, 4.69) is 22.8 Å². The van der Waals surface area contributed by atoms with Gasteiger partial charge in [-0.25, -0.2) is 0 Å². The highest BCUT2D eigenvalue weighted by molar-refractivity contribution is 5.43. The quantitative estimate of drug-likeness (QED) is 0.753. The number of rotatable bonds is 5. The molecule has 1 aromatic rings. The summed E-state index contributed by atoms with van der Waals surface area (Å²) in [4.78, 5) is 0. The fourth-order valence-corrected chi connectivity index (χ4v) is 1.76. The first-order valence-corrected chi connectivity index (χ1v) is 6.14. The van der Waals surface area contributed by atoms with Crippen LogP contribution in [0.2, 0.25) is 0 Å². The van der Waals surface area contributed by atoms with Gasteiger partial charge in [0.05, 0.1) is 13.2 Å². The van der Waals surface area contributed by atoms with Crippen molar-refractivity contribution in [3.63, 3.8) is 0 Å². The van der Waals surface area contributed by atoms with Crippen LogP contribution < -0.4 is 20.1 Å². The van der Waals surface area contributed by atoms with Crippen LogP contribution in [0.15, 0.2) is 18.2 Å². The van der Waals surface area contributed by atoms with Gasteiger partial charge in [-0.15, -0.1) is 0 Å². The van der Waals surface area contributed by atoms with Gasteiger partial charge in [0.25, 0.3) is 0 Å². The Kier molecular flexibility index (Phi) is 4.64. The Bertz CT molecular complexity index is 355. The Morgan fingerprint density at radius 1 is 1.12 bits per heavy atom. The molecule has 0 fully saturated rings. The van der Waals surface area contributed by atoms with Crippen LogP contribution >= 0.6 is 0 Å². The van der Waals surface area contributed by atoms with E-state index in [1.54, 1.807) is 0 Å². The second kappa shape index (κ2) is 6.47. The van der Waals surface area contributed by atoms with E-state index in [9.17, 15) is 0 Å². The van der Waals surface area contributed by atoms with Gasteiger partial charge in [-0.3, -0.25) is 0 Å². The van der Waals surface area contributed by atoms with Gasteiger partial charge >= 0.3 is 0 Å². The standard InChI is InChI=1S/C13H20N2O2/c1-14-5-6-15-10-11-3-4-12-13(9-11)17-8-2-7-16-12/h3-4,9,14-15H,2,5-8,10H2,1H3. The van der Waals surface area contributed by atoms with Crippen molar-refractivity contribution in [1.82, 2.24) is 10.6 Å². The molecule has 0 aliphatic carbocycles. The molecule has 17 heavy (non-hydrogen) atoms. The zero-order valence-corrected chi connectivity index (χ0v) is 10.3. The van der Waals surface area contributed by atoms with E-state index in [0.717, 1.165) is 50.8 Å². The summed E-state index contributed by atoms with van der Waals surface area (Å²) >= 11 is 0. The molecule has 1 aliphatic rings. The van der Waals surface area contributed by atoms with E-state index in [1.807, 2.05) is 13.1 Å². The molecule has 1 aliphatic heterocycles. The van der Waals surface area contributed by atoms with Crippen molar-refractivity contribution in [3.05, 3.63) is 23.8 Å². The monoisotopic (exact) mass is 236 g/mol. The first-order valence-electron chi connectivity index (χ1n) is 6.14. The van der Waals surface area contributed by atoms with E-state index in [0.29, 0.717) is 0 Å². The molecule has 0 saturated carbocycles. The molecule has 1 aromatic carbocycles. The van der Waals surface area contributed by atoms with E-state index < -0.39 is 0 Å². The Labute approximate surface area is 102 Å². The van der Waals surface area contributed by atoms with Crippen molar-refractivity contribution >= 4 is 0 Å². The fraction of sp³-hybridized carbons (Fsp3) is 0.538. The van der Waals surface area contributed by atoms with Crippen molar-refractivity contribution in [2.75, 3.05) is 33.4 Å². The van der Waals surface area contributed by atoms with Crippen LogP contribution in [0.3, 0.4) is 0 Å². The maximum atomic E-state index is 5.65. The van der Waals surface area contributed by atoms with Crippen LogP contribution in [0, 0.1) is 0 Å². The van der Waals surface area contributed by atoms with Gasteiger partial charge in [-0.05, 0) is 24.7 Å². The summed E-state index contributed by atoms with van der Waals surface area (Å²) < 4.78 is 11.2. The van der Waals surface area contributed by atoms with E-state index in [1.165, 1.54) is 5.56 Å². The minimum Gasteiger partial charge on any atom is -0.490 e. The zero-order valence-electron chi connectivity index (χ0n) is 10.3. The zero-order chi connectivity index (χ0) is 11.9. The van der Waals surface area contributed by atoms with Crippen LogP contribution in [-0.4, -0.2) is 33.4 Å². The lowest BCUT2D eigenvalue weighted by atomic mass is 10.2. The summed E-state index contributed by atoms with van der Waals surface area (Å²) in [5.41, 5.74) is 1.23. The number of ether oxygens (including phenoxy) is 2. The smallest absolute Gasteiger partial charge is 0.161 e. The van der Waals surface area contributed by atoms with Crippen molar-refractivity contribution in [2.24, 2.45) is 0 Å². The highest BCUT2D eigenvalue weighted by Gasteiger charge is 2.10. The van der Waals surface area contributed by atoms with E-state index >= 15 is 0 Å². The summed E-state index contributed by atoms with van der Waals surface area (Å²) in [6, 6.07) is 6.14. The van der Waals surface area contributed by atoms with Crippen molar-refractivity contribution in [2.45, 2.75) is 13.0 Å². The lowest BCUT2D eigenvalue weighted by Crippen LogP contribution is -2.24. The Hall–Kier alpha value is -1.26. The van der Waals surface area contributed by atoms with Crippen molar-refractivity contribution in [3.8, 4) is 11.5 Å². The van der Waals surface area contributed by atoms with E-state index in [4.69, 9.17) is 9.47 Å². The van der Waals surface area contributed by atoms with Gasteiger partial charge in [0.2, 0.25) is 0 Å². The van der Waals surface area contributed by atoms with Gasteiger partial charge in [0, 0.05) is 26.1 Å². The maximum Gasteiger partial charge on any atom is 0.161 e. The molecule has 0 saturated heterocycles. The first kappa shape index (κ1) is 12.2. The van der Waals surface area contributed by atoms with E-state index in [-0.39, 0.29) is 0 Å². The van der Waals surface area contributed by atoms with Crippen LogP contribution in [0.1, 0.15) is 12.0 Å². The van der Waals surface area contributed by atoms with Crippen LogP contribution in [0.25, 0.3) is 0 Å². The molecule has 2 N–H and O–H groups in total. The fourth-order valence-electron chi connectivity index (χ4n) is 1.76. The molecule has 0 unspecified atom stereocenters. The molecule has 0 bridgehead atoms. The molecule has 94 valence electrons. The molecule has 0 amide bonds. The number of fused-ring (bicyclic) bond motifs is 1.